The average molecular weight is 319 g/mol. The van der Waals surface area contributed by atoms with Crippen LogP contribution in [-0.4, -0.2) is 62.0 Å². The summed E-state index contributed by atoms with van der Waals surface area (Å²) in [5.74, 6) is -2.05. The SMILES string of the molecule is CCOC(=O)C(=O)NCC(=O)N1CCN(c2ccccc2)CC1. The fourth-order valence-electron chi connectivity index (χ4n) is 2.39. The number of carbonyl (C=O) groups excluding carboxylic acids is 3. The molecule has 0 radical (unpaired) electrons. The number of nitrogens with zero attached hydrogens (tertiary/aromatic N) is 2. The zero-order valence-corrected chi connectivity index (χ0v) is 13.2. The molecule has 1 aliphatic rings. The van der Waals surface area contributed by atoms with Gasteiger partial charge in [-0.1, -0.05) is 18.2 Å². The molecule has 1 fully saturated rings. The summed E-state index contributed by atoms with van der Waals surface area (Å²) in [4.78, 5) is 38.5. The van der Waals surface area contributed by atoms with Crippen molar-refractivity contribution >= 4 is 23.5 Å². The van der Waals surface area contributed by atoms with Crippen LogP contribution in [0.15, 0.2) is 30.3 Å². The van der Waals surface area contributed by atoms with Gasteiger partial charge in [0, 0.05) is 31.9 Å². The topological polar surface area (TPSA) is 78.9 Å². The van der Waals surface area contributed by atoms with Gasteiger partial charge in [0.25, 0.3) is 0 Å². The molecule has 0 atom stereocenters. The van der Waals surface area contributed by atoms with Crippen LogP contribution in [0.25, 0.3) is 0 Å². The third-order valence-corrected chi connectivity index (χ3v) is 3.61. The third-order valence-electron chi connectivity index (χ3n) is 3.61. The van der Waals surface area contributed by atoms with Gasteiger partial charge in [0.2, 0.25) is 5.91 Å². The lowest BCUT2D eigenvalue weighted by Gasteiger charge is -2.36. The van der Waals surface area contributed by atoms with E-state index in [1.54, 1.807) is 11.8 Å². The number of rotatable bonds is 4. The van der Waals surface area contributed by atoms with Crippen molar-refractivity contribution in [2.24, 2.45) is 0 Å². The molecule has 0 saturated carbocycles. The van der Waals surface area contributed by atoms with Gasteiger partial charge in [-0.2, -0.15) is 0 Å². The van der Waals surface area contributed by atoms with Crippen LogP contribution < -0.4 is 10.2 Å². The Morgan fingerprint density at radius 1 is 1.09 bits per heavy atom. The van der Waals surface area contributed by atoms with E-state index in [1.807, 2.05) is 30.3 Å². The lowest BCUT2D eigenvalue weighted by Crippen LogP contribution is -2.51. The number of ether oxygens (including phenoxy) is 1. The Morgan fingerprint density at radius 3 is 2.35 bits per heavy atom. The molecule has 0 aromatic heterocycles. The molecule has 1 N–H and O–H groups in total. The number of benzene rings is 1. The number of esters is 1. The number of para-hydroxylation sites is 1. The van der Waals surface area contributed by atoms with Crippen LogP contribution >= 0.6 is 0 Å². The average Bonchev–Trinajstić information content (AvgIpc) is 2.60. The molecule has 124 valence electrons. The Labute approximate surface area is 135 Å². The van der Waals surface area contributed by atoms with Crippen molar-refractivity contribution in [1.29, 1.82) is 0 Å². The molecule has 1 aromatic carbocycles. The van der Waals surface area contributed by atoms with E-state index in [1.165, 1.54) is 0 Å². The van der Waals surface area contributed by atoms with Gasteiger partial charge in [-0.05, 0) is 19.1 Å². The van der Waals surface area contributed by atoms with Crippen molar-refractivity contribution in [3.8, 4) is 0 Å². The van der Waals surface area contributed by atoms with Gasteiger partial charge >= 0.3 is 11.9 Å². The summed E-state index contributed by atoms with van der Waals surface area (Å²) >= 11 is 0. The Morgan fingerprint density at radius 2 is 1.74 bits per heavy atom. The number of hydrogen-bond donors (Lipinski definition) is 1. The fourth-order valence-corrected chi connectivity index (χ4v) is 2.39. The first-order valence-corrected chi connectivity index (χ1v) is 7.64. The van der Waals surface area contributed by atoms with Gasteiger partial charge in [0.1, 0.15) is 0 Å². The second-order valence-electron chi connectivity index (χ2n) is 5.11. The Hall–Kier alpha value is -2.57. The summed E-state index contributed by atoms with van der Waals surface area (Å²) in [6.07, 6.45) is 0. The molecule has 1 aromatic rings. The van der Waals surface area contributed by atoms with Crippen molar-refractivity contribution in [2.45, 2.75) is 6.92 Å². The number of hydrogen-bond acceptors (Lipinski definition) is 5. The summed E-state index contributed by atoms with van der Waals surface area (Å²) in [6, 6.07) is 10.0. The lowest BCUT2D eigenvalue weighted by molar-refractivity contribution is -0.154. The summed E-state index contributed by atoms with van der Waals surface area (Å²) in [5.41, 5.74) is 1.13. The zero-order chi connectivity index (χ0) is 16.7. The predicted octanol–water partition coefficient (Wildman–Crippen LogP) is 0.0145. The molecule has 1 saturated heterocycles. The summed E-state index contributed by atoms with van der Waals surface area (Å²) in [7, 11) is 0. The van der Waals surface area contributed by atoms with Gasteiger partial charge in [-0.15, -0.1) is 0 Å². The van der Waals surface area contributed by atoms with E-state index in [2.05, 4.69) is 15.0 Å². The van der Waals surface area contributed by atoms with Crippen molar-refractivity contribution in [1.82, 2.24) is 10.2 Å². The molecular formula is C16H21N3O4. The Kier molecular flexibility index (Phi) is 5.96. The van der Waals surface area contributed by atoms with Gasteiger partial charge in [0.15, 0.2) is 0 Å². The summed E-state index contributed by atoms with van der Waals surface area (Å²) in [6.45, 7) is 4.20. The molecule has 1 heterocycles. The number of amides is 2. The van der Waals surface area contributed by atoms with E-state index in [4.69, 9.17) is 0 Å². The van der Waals surface area contributed by atoms with Crippen LogP contribution in [0, 0.1) is 0 Å². The number of carbonyl (C=O) groups is 3. The minimum atomic E-state index is -0.964. The van der Waals surface area contributed by atoms with Crippen LogP contribution in [0.2, 0.25) is 0 Å². The minimum absolute atomic E-state index is 0.127. The van der Waals surface area contributed by atoms with E-state index in [9.17, 15) is 14.4 Å². The number of piperazine rings is 1. The molecule has 0 aliphatic carbocycles. The fraction of sp³-hybridized carbons (Fsp3) is 0.438. The molecule has 0 unspecified atom stereocenters. The standard InChI is InChI=1S/C16H21N3O4/c1-2-23-16(22)15(21)17-12-14(20)19-10-8-18(9-11-19)13-6-4-3-5-7-13/h3-7H,2,8-12H2,1H3,(H,17,21). The van der Waals surface area contributed by atoms with Crippen molar-refractivity contribution in [3.63, 3.8) is 0 Å². The van der Waals surface area contributed by atoms with Crippen LogP contribution in [0.5, 0.6) is 0 Å². The second kappa shape index (κ2) is 8.17. The molecule has 7 heteroatoms. The molecule has 2 rings (SSSR count). The Balaban J connectivity index is 1.75. The van der Waals surface area contributed by atoms with Crippen LogP contribution in [0.3, 0.4) is 0 Å². The van der Waals surface area contributed by atoms with E-state index in [-0.39, 0.29) is 19.1 Å². The van der Waals surface area contributed by atoms with Crippen molar-refractivity contribution in [2.75, 3.05) is 44.2 Å². The highest BCUT2D eigenvalue weighted by Crippen LogP contribution is 2.15. The van der Waals surface area contributed by atoms with Gasteiger partial charge in [-0.25, -0.2) is 4.79 Å². The van der Waals surface area contributed by atoms with Crippen molar-refractivity contribution < 1.29 is 19.1 Å². The maximum Gasteiger partial charge on any atom is 0.396 e. The first-order chi connectivity index (χ1) is 11.1. The first-order valence-electron chi connectivity index (χ1n) is 7.64. The molecule has 23 heavy (non-hydrogen) atoms. The first kappa shape index (κ1) is 16.8. The van der Waals surface area contributed by atoms with Crippen LogP contribution in [-0.2, 0) is 19.1 Å². The minimum Gasteiger partial charge on any atom is -0.459 e. The zero-order valence-electron chi connectivity index (χ0n) is 13.2. The van der Waals surface area contributed by atoms with Crippen LogP contribution in [0.1, 0.15) is 6.92 Å². The lowest BCUT2D eigenvalue weighted by atomic mass is 10.2. The second-order valence-corrected chi connectivity index (χ2v) is 5.11. The highest BCUT2D eigenvalue weighted by atomic mass is 16.5. The van der Waals surface area contributed by atoms with E-state index >= 15 is 0 Å². The highest BCUT2D eigenvalue weighted by molar-refractivity contribution is 6.32. The molecular weight excluding hydrogens is 298 g/mol. The maximum absolute atomic E-state index is 12.1. The van der Waals surface area contributed by atoms with Gasteiger partial charge in [0.05, 0.1) is 13.2 Å². The monoisotopic (exact) mass is 319 g/mol. The number of anilines is 1. The van der Waals surface area contributed by atoms with Gasteiger partial charge < -0.3 is 19.9 Å². The molecule has 2 amide bonds. The van der Waals surface area contributed by atoms with Crippen molar-refractivity contribution in [3.05, 3.63) is 30.3 Å². The quantitative estimate of drug-likeness (QED) is 0.625. The summed E-state index contributed by atoms with van der Waals surface area (Å²) in [5, 5.41) is 2.29. The normalized spacial score (nSPS) is 14.3. The van der Waals surface area contributed by atoms with E-state index in [0.717, 1.165) is 18.8 Å². The predicted molar refractivity (Wildman–Crippen MR) is 84.9 cm³/mol. The van der Waals surface area contributed by atoms with E-state index < -0.39 is 11.9 Å². The highest BCUT2D eigenvalue weighted by Gasteiger charge is 2.22. The maximum atomic E-state index is 12.1. The summed E-state index contributed by atoms with van der Waals surface area (Å²) < 4.78 is 4.56. The van der Waals surface area contributed by atoms with Crippen LogP contribution in [0.4, 0.5) is 5.69 Å². The van der Waals surface area contributed by atoms with E-state index in [0.29, 0.717) is 13.1 Å². The smallest absolute Gasteiger partial charge is 0.396 e. The third kappa shape index (κ3) is 4.70. The molecule has 1 aliphatic heterocycles. The Bertz CT molecular complexity index is 554. The largest absolute Gasteiger partial charge is 0.459 e. The number of nitrogens with one attached hydrogen (secondary N) is 1. The molecule has 0 spiro atoms. The van der Waals surface area contributed by atoms with Gasteiger partial charge in [-0.3, -0.25) is 9.59 Å². The molecule has 7 nitrogen and oxygen atoms in total. The molecule has 0 bridgehead atoms.